The Morgan fingerprint density at radius 1 is 1.58 bits per heavy atom. The minimum absolute atomic E-state index is 0.0357. The highest BCUT2D eigenvalue weighted by Crippen LogP contribution is 2.39. The predicted octanol–water partition coefficient (Wildman–Crippen LogP) is 0.813. The summed E-state index contributed by atoms with van der Waals surface area (Å²) in [7, 11) is 0. The number of carbonyl (C=O) groups is 1. The zero-order valence-electron chi connectivity index (χ0n) is 10.1. The van der Waals surface area contributed by atoms with Crippen LogP contribution >= 0.6 is 0 Å². The van der Waals surface area contributed by atoms with Gasteiger partial charge in [0.1, 0.15) is 6.20 Å². The maximum absolute atomic E-state index is 12.1. The van der Waals surface area contributed by atoms with Crippen LogP contribution in [0.2, 0.25) is 0 Å². The molecule has 1 aliphatic carbocycles. The third kappa shape index (κ3) is 2.89. The van der Waals surface area contributed by atoms with Crippen LogP contribution in [0.25, 0.3) is 0 Å². The van der Waals surface area contributed by atoms with Gasteiger partial charge in [0.25, 0.3) is 5.91 Å². The smallest absolute Gasteiger partial charge is 0.363 e. The number of carbonyl (C=O) groups excluding carboxylic acids is 1. The fraction of sp³-hybridized carbons (Fsp3) is 0.636. The summed E-state index contributed by atoms with van der Waals surface area (Å²) in [6.07, 6.45) is 2.00. The van der Waals surface area contributed by atoms with Crippen LogP contribution in [0.3, 0.4) is 0 Å². The summed E-state index contributed by atoms with van der Waals surface area (Å²) < 4.78 is 38.0. The molecule has 1 heterocycles. The van der Waals surface area contributed by atoms with Gasteiger partial charge in [-0.3, -0.25) is 4.79 Å². The Morgan fingerprint density at radius 3 is 2.74 bits per heavy atom. The highest BCUT2D eigenvalue weighted by atomic mass is 19.4. The first-order valence-electron chi connectivity index (χ1n) is 5.87. The molecule has 0 saturated heterocycles. The average molecular weight is 275 g/mol. The summed E-state index contributed by atoms with van der Waals surface area (Å²) in [4.78, 5) is 15.0. The van der Waals surface area contributed by atoms with Crippen molar-refractivity contribution >= 4 is 5.91 Å². The molecule has 1 radical (unpaired) electrons. The minimum Gasteiger partial charge on any atom is -0.363 e. The van der Waals surface area contributed by atoms with E-state index in [0.717, 1.165) is 6.42 Å². The topological polar surface area (TPSA) is 72.9 Å². The number of halogens is 3. The molecule has 0 atom stereocenters. The van der Waals surface area contributed by atoms with E-state index in [9.17, 15) is 18.0 Å². The lowest BCUT2D eigenvalue weighted by molar-refractivity contribution is -0.126. The molecule has 105 valence electrons. The van der Waals surface area contributed by atoms with Gasteiger partial charge in [0, 0.05) is 12.7 Å². The van der Waals surface area contributed by atoms with Crippen LogP contribution in [-0.2, 0) is 5.54 Å². The van der Waals surface area contributed by atoms with Crippen molar-refractivity contribution in [1.82, 2.24) is 14.9 Å². The molecule has 1 fully saturated rings. The number of hydrogen-bond donors (Lipinski definition) is 2. The van der Waals surface area contributed by atoms with Gasteiger partial charge in [0.2, 0.25) is 0 Å². The standard InChI is InChI=1S/C11H14F3N4O/c12-11(13,14)7-16-6-10(2-1-3-10)18-5-4-17-9(18)8(15)19/h5,16H,1-3,6-7H2,(H2,15,19). The Kier molecular flexibility index (Phi) is 3.53. The number of aromatic nitrogens is 2. The Morgan fingerprint density at radius 2 is 2.26 bits per heavy atom. The van der Waals surface area contributed by atoms with Crippen molar-refractivity contribution in [3.05, 3.63) is 18.2 Å². The van der Waals surface area contributed by atoms with E-state index in [0.29, 0.717) is 12.8 Å². The van der Waals surface area contributed by atoms with E-state index in [1.54, 1.807) is 4.57 Å². The van der Waals surface area contributed by atoms with E-state index in [2.05, 4.69) is 16.5 Å². The predicted molar refractivity (Wildman–Crippen MR) is 60.3 cm³/mol. The van der Waals surface area contributed by atoms with Gasteiger partial charge in [-0.15, -0.1) is 0 Å². The molecule has 0 spiro atoms. The third-order valence-electron chi connectivity index (χ3n) is 3.38. The van der Waals surface area contributed by atoms with Gasteiger partial charge in [0.05, 0.1) is 12.1 Å². The molecule has 8 heteroatoms. The number of imidazole rings is 1. The number of rotatable bonds is 5. The molecule has 5 nitrogen and oxygen atoms in total. The Balaban J connectivity index is 2.10. The van der Waals surface area contributed by atoms with Crippen molar-refractivity contribution in [1.29, 1.82) is 0 Å². The molecule has 0 unspecified atom stereocenters. The average Bonchev–Trinajstić information content (AvgIpc) is 2.69. The van der Waals surface area contributed by atoms with Crippen LogP contribution in [0, 0.1) is 6.20 Å². The number of primary amides is 1. The Labute approximate surface area is 108 Å². The van der Waals surface area contributed by atoms with Crippen LogP contribution in [0.15, 0.2) is 6.20 Å². The van der Waals surface area contributed by atoms with Gasteiger partial charge >= 0.3 is 6.18 Å². The van der Waals surface area contributed by atoms with E-state index >= 15 is 0 Å². The van der Waals surface area contributed by atoms with Gasteiger partial charge < -0.3 is 15.6 Å². The van der Waals surface area contributed by atoms with Crippen LogP contribution in [0.5, 0.6) is 0 Å². The lowest BCUT2D eigenvalue weighted by Gasteiger charge is -2.44. The van der Waals surface area contributed by atoms with Crippen molar-refractivity contribution in [3.63, 3.8) is 0 Å². The van der Waals surface area contributed by atoms with Crippen molar-refractivity contribution in [2.75, 3.05) is 13.1 Å². The van der Waals surface area contributed by atoms with Crippen molar-refractivity contribution in [2.24, 2.45) is 5.73 Å². The van der Waals surface area contributed by atoms with Gasteiger partial charge in [-0.05, 0) is 19.3 Å². The van der Waals surface area contributed by atoms with Crippen LogP contribution in [-0.4, -0.2) is 34.7 Å². The fourth-order valence-electron chi connectivity index (χ4n) is 2.32. The molecule has 0 bridgehead atoms. The number of alkyl halides is 3. The zero-order chi connectivity index (χ0) is 14.1. The molecule has 2 rings (SSSR count). The number of nitrogens with two attached hydrogens (primary N) is 1. The summed E-state index contributed by atoms with van der Waals surface area (Å²) in [5.41, 5.74) is 4.64. The lowest BCUT2D eigenvalue weighted by atomic mass is 9.76. The largest absolute Gasteiger partial charge is 0.401 e. The highest BCUT2D eigenvalue weighted by Gasteiger charge is 2.41. The molecule has 0 aromatic carbocycles. The Bertz CT molecular complexity index is 465. The van der Waals surface area contributed by atoms with Gasteiger partial charge in [0.15, 0.2) is 5.82 Å². The lowest BCUT2D eigenvalue weighted by Crippen LogP contribution is -2.51. The van der Waals surface area contributed by atoms with E-state index in [1.807, 2.05) is 0 Å². The molecule has 1 saturated carbocycles. The maximum Gasteiger partial charge on any atom is 0.401 e. The summed E-state index contributed by atoms with van der Waals surface area (Å²) in [5, 5.41) is 2.38. The first-order valence-corrected chi connectivity index (χ1v) is 5.87. The van der Waals surface area contributed by atoms with Crippen molar-refractivity contribution in [3.8, 4) is 0 Å². The summed E-state index contributed by atoms with van der Waals surface area (Å²) in [6, 6.07) is 0. The van der Waals surface area contributed by atoms with Crippen LogP contribution in [0.1, 0.15) is 29.9 Å². The quantitative estimate of drug-likeness (QED) is 0.835. The second-order valence-electron chi connectivity index (χ2n) is 4.72. The molecule has 1 amide bonds. The number of hydrogen-bond acceptors (Lipinski definition) is 3. The first-order chi connectivity index (χ1) is 8.84. The van der Waals surface area contributed by atoms with Crippen molar-refractivity contribution < 1.29 is 18.0 Å². The van der Waals surface area contributed by atoms with E-state index in [4.69, 9.17) is 5.73 Å². The van der Waals surface area contributed by atoms with Gasteiger partial charge in [-0.1, -0.05) is 0 Å². The van der Waals surface area contributed by atoms with Crippen LogP contribution < -0.4 is 11.1 Å². The molecule has 1 aliphatic rings. The van der Waals surface area contributed by atoms with E-state index in [-0.39, 0.29) is 12.4 Å². The third-order valence-corrected chi connectivity index (χ3v) is 3.38. The molecular weight excluding hydrogens is 261 g/mol. The zero-order valence-corrected chi connectivity index (χ0v) is 10.1. The SMILES string of the molecule is NC(=O)c1n[c]cn1C1(CNCC(F)(F)F)CCC1. The Hall–Kier alpha value is -1.57. The summed E-state index contributed by atoms with van der Waals surface area (Å²) >= 11 is 0. The van der Waals surface area contributed by atoms with Crippen molar-refractivity contribution in [2.45, 2.75) is 31.0 Å². The molecule has 3 N–H and O–H groups in total. The van der Waals surface area contributed by atoms with E-state index < -0.39 is 24.2 Å². The fourth-order valence-corrected chi connectivity index (χ4v) is 2.32. The maximum atomic E-state index is 12.1. The molecule has 0 aliphatic heterocycles. The highest BCUT2D eigenvalue weighted by molar-refractivity contribution is 5.89. The number of nitrogens with one attached hydrogen (secondary N) is 1. The summed E-state index contributed by atoms with van der Waals surface area (Å²) in [5.74, 6) is -0.670. The monoisotopic (exact) mass is 275 g/mol. The molecule has 1 aromatic rings. The van der Waals surface area contributed by atoms with Gasteiger partial charge in [-0.2, -0.15) is 13.2 Å². The van der Waals surface area contributed by atoms with Crippen LogP contribution in [0.4, 0.5) is 13.2 Å². The first kappa shape index (κ1) is 13.9. The molecular formula is C11H14F3N4O. The molecule has 1 aromatic heterocycles. The normalized spacial score (nSPS) is 18.1. The van der Waals surface area contributed by atoms with E-state index in [1.165, 1.54) is 6.20 Å². The summed E-state index contributed by atoms with van der Waals surface area (Å²) in [6.45, 7) is -0.934. The second kappa shape index (κ2) is 4.84. The molecule has 19 heavy (non-hydrogen) atoms. The van der Waals surface area contributed by atoms with Gasteiger partial charge in [-0.25, -0.2) is 4.98 Å². The number of amides is 1. The minimum atomic E-state index is -4.25. The number of nitrogens with zero attached hydrogens (tertiary/aromatic N) is 2. The second-order valence-corrected chi connectivity index (χ2v) is 4.72.